The largest absolute Gasteiger partial charge is 0.356 e. The molecule has 0 spiro atoms. The van der Waals surface area contributed by atoms with E-state index >= 15 is 0 Å². The van der Waals surface area contributed by atoms with Crippen molar-refractivity contribution in [3.8, 4) is 0 Å². The molecule has 21 heavy (non-hydrogen) atoms. The number of amides is 2. The second-order valence-corrected chi connectivity index (χ2v) is 6.72. The van der Waals surface area contributed by atoms with E-state index in [2.05, 4.69) is 19.2 Å². The molecule has 1 aliphatic rings. The van der Waals surface area contributed by atoms with E-state index in [1.54, 1.807) is 11.9 Å². The Bertz CT molecular complexity index is 576. The molecule has 2 rings (SSSR count). The maximum atomic E-state index is 12.2. The molecule has 0 aromatic heterocycles. The number of hydrogen-bond acceptors (Lipinski definition) is 2. The lowest BCUT2D eigenvalue weighted by atomic mass is 9.85. The second-order valence-electron chi connectivity index (χ2n) is 6.72. The zero-order valence-corrected chi connectivity index (χ0v) is 13.5. The first-order valence-electron chi connectivity index (χ1n) is 7.41. The third kappa shape index (κ3) is 2.94. The van der Waals surface area contributed by atoms with Gasteiger partial charge in [0, 0.05) is 19.3 Å². The predicted octanol–water partition coefficient (Wildman–Crippen LogP) is 2.26. The number of benzene rings is 1. The summed E-state index contributed by atoms with van der Waals surface area (Å²) < 4.78 is 0. The van der Waals surface area contributed by atoms with Crippen LogP contribution in [0.5, 0.6) is 0 Å². The predicted molar refractivity (Wildman–Crippen MR) is 84.4 cm³/mol. The summed E-state index contributed by atoms with van der Waals surface area (Å²) in [5.74, 6) is 0.567. The lowest BCUT2D eigenvalue weighted by molar-refractivity contribution is -0.122. The lowest BCUT2D eigenvalue weighted by Gasteiger charge is -2.16. The van der Waals surface area contributed by atoms with E-state index in [-0.39, 0.29) is 11.8 Å². The number of fused-ring (bicyclic) bond motifs is 1. The normalized spacial score (nSPS) is 16.3. The topological polar surface area (TPSA) is 49.4 Å². The summed E-state index contributed by atoms with van der Waals surface area (Å²) in [5.41, 5.74) is 2.38. The number of anilines is 1. The van der Waals surface area contributed by atoms with Gasteiger partial charge in [0.2, 0.25) is 11.8 Å². The standard InChI is InChI=1S/C17H24N2O2/c1-11(2)10-18-15(20)9-12-6-7-14-13(8-12)17(3,4)16(21)19(14)5/h6-8,11H,9-10H2,1-5H3,(H,18,20). The van der Waals surface area contributed by atoms with Crippen LogP contribution < -0.4 is 10.2 Å². The van der Waals surface area contributed by atoms with Crippen LogP contribution in [-0.2, 0) is 21.4 Å². The summed E-state index contributed by atoms with van der Waals surface area (Å²) in [5, 5.41) is 2.92. The maximum absolute atomic E-state index is 12.2. The van der Waals surface area contributed by atoms with Crippen LogP contribution in [0.25, 0.3) is 0 Å². The summed E-state index contributed by atoms with van der Waals surface area (Å²) in [7, 11) is 1.80. The van der Waals surface area contributed by atoms with Gasteiger partial charge in [-0.05, 0) is 37.0 Å². The molecule has 2 amide bonds. The molecule has 0 fully saturated rings. The van der Waals surface area contributed by atoms with Gasteiger partial charge in [0.15, 0.2) is 0 Å². The van der Waals surface area contributed by atoms with Crippen molar-refractivity contribution in [2.45, 2.75) is 39.5 Å². The number of rotatable bonds is 4. The van der Waals surface area contributed by atoms with E-state index < -0.39 is 5.41 Å². The highest BCUT2D eigenvalue weighted by atomic mass is 16.2. The van der Waals surface area contributed by atoms with E-state index in [0.29, 0.717) is 18.9 Å². The number of carbonyl (C=O) groups excluding carboxylic acids is 2. The van der Waals surface area contributed by atoms with Crippen molar-refractivity contribution in [3.05, 3.63) is 29.3 Å². The minimum atomic E-state index is -0.519. The molecule has 4 heteroatoms. The van der Waals surface area contributed by atoms with Gasteiger partial charge in [0.1, 0.15) is 0 Å². The van der Waals surface area contributed by atoms with Crippen LogP contribution in [0.15, 0.2) is 18.2 Å². The summed E-state index contributed by atoms with van der Waals surface area (Å²) in [6, 6.07) is 5.86. The van der Waals surface area contributed by atoms with Crippen LogP contribution in [0.2, 0.25) is 0 Å². The molecule has 0 aliphatic carbocycles. The average Bonchev–Trinajstić information content (AvgIpc) is 2.58. The van der Waals surface area contributed by atoms with Crippen LogP contribution in [0.4, 0.5) is 5.69 Å². The fourth-order valence-electron chi connectivity index (χ4n) is 2.70. The number of hydrogen-bond donors (Lipinski definition) is 1. The minimum Gasteiger partial charge on any atom is -0.356 e. The Labute approximate surface area is 126 Å². The first kappa shape index (κ1) is 15.5. The van der Waals surface area contributed by atoms with Crippen LogP contribution in [-0.4, -0.2) is 25.4 Å². The molecule has 4 nitrogen and oxygen atoms in total. The van der Waals surface area contributed by atoms with Crippen LogP contribution >= 0.6 is 0 Å². The van der Waals surface area contributed by atoms with Gasteiger partial charge in [-0.2, -0.15) is 0 Å². The molecule has 0 saturated heterocycles. The molecular formula is C17H24N2O2. The molecular weight excluding hydrogens is 264 g/mol. The van der Waals surface area contributed by atoms with E-state index in [1.165, 1.54) is 0 Å². The maximum Gasteiger partial charge on any atom is 0.236 e. The molecule has 114 valence electrons. The van der Waals surface area contributed by atoms with Gasteiger partial charge in [-0.1, -0.05) is 26.0 Å². The third-order valence-corrected chi connectivity index (χ3v) is 4.01. The van der Waals surface area contributed by atoms with Crippen molar-refractivity contribution in [3.63, 3.8) is 0 Å². The van der Waals surface area contributed by atoms with Crippen LogP contribution in [0.3, 0.4) is 0 Å². The zero-order chi connectivity index (χ0) is 15.8. The molecule has 0 unspecified atom stereocenters. The third-order valence-electron chi connectivity index (χ3n) is 4.01. The van der Waals surface area contributed by atoms with Crippen molar-refractivity contribution in [2.24, 2.45) is 5.92 Å². The zero-order valence-electron chi connectivity index (χ0n) is 13.5. The molecule has 0 saturated carbocycles. The molecule has 0 radical (unpaired) electrons. The molecule has 1 aliphatic heterocycles. The van der Waals surface area contributed by atoms with Crippen molar-refractivity contribution >= 4 is 17.5 Å². The van der Waals surface area contributed by atoms with Crippen LogP contribution in [0.1, 0.15) is 38.8 Å². The van der Waals surface area contributed by atoms with E-state index in [4.69, 9.17) is 0 Å². The fraction of sp³-hybridized carbons (Fsp3) is 0.529. The SMILES string of the molecule is CC(C)CNC(=O)Cc1ccc2c(c1)C(C)(C)C(=O)N2C. The second kappa shape index (κ2) is 5.51. The molecule has 1 heterocycles. The summed E-state index contributed by atoms with van der Waals surface area (Å²) in [6.45, 7) is 8.69. The molecule has 0 atom stereocenters. The summed E-state index contributed by atoms with van der Waals surface area (Å²) in [6.07, 6.45) is 0.355. The summed E-state index contributed by atoms with van der Waals surface area (Å²) >= 11 is 0. The fourth-order valence-corrected chi connectivity index (χ4v) is 2.70. The molecule has 0 bridgehead atoms. The van der Waals surface area contributed by atoms with E-state index in [1.807, 2.05) is 32.0 Å². The minimum absolute atomic E-state index is 0.0270. The van der Waals surface area contributed by atoms with Crippen LogP contribution in [0, 0.1) is 5.92 Å². The first-order chi connectivity index (χ1) is 9.73. The van der Waals surface area contributed by atoms with Crippen molar-refractivity contribution in [1.29, 1.82) is 0 Å². The Morgan fingerprint density at radius 2 is 2.00 bits per heavy atom. The number of nitrogens with one attached hydrogen (secondary N) is 1. The van der Waals surface area contributed by atoms with Crippen molar-refractivity contribution in [2.75, 3.05) is 18.5 Å². The van der Waals surface area contributed by atoms with Gasteiger partial charge in [-0.15, -0.1) is 0 Å². The van der Waals surface area contributed by atoms with E-state index in [9.17, 15) is 9.59 Å². The summed E-state index contributed by atoms with van der Waals surface area (Å²) in [4.78, 5) is 25.9. The highest BCUT2D eigenvalue weighted by molar-refractivity contribution is 6.07. The van der Waals surface area contributed by atoms with Crippen molar-refractivity contribution < 1.29 is 9.59 Å². The average molecular weight is 288 g/mol. The highest BCUT2D eigenvalue weighted by Crippen LogP contribution is 2.41. The van der Waals surface area contributed by atoms with Gasteiger partial charge < -0.3 is 10.2 Å². The van der Waals surface area contributed by atoms with Crippen molar-refractivity contribution in [1.82, 2.24) is 5.32 Å². The Hall–Kier alpha value is -1.84. The smallest absolute Gasteiger partial charge is 0.236 e. The molecule has 1 aromatic carbocycles. The Kier molecular flexibility index (Phi) is 4.08. The quantitative estimate of drug-likeness (QED) is 0.924. The van der Waals surface area contributed by atoms with Gasteiger partial charge in [-0.3, -0.25) is 9.59 Å². The van der Waals surface area contributed by atoms with Gasteiger partial charge in [0.25, 0.3) is 0 Å². The Balaban J connectivity index is 2.17. The molecule has 1 N–H and O–H groups in total. The number of nitrogens with zero attached hydrogens (tertiary/aromatic N) is 1. The monoisotopic (exact) mass is 288 g/mol. The van der Waals surface area contributed by atoms with E-state index in [0.717, 1.165) is 16.8 Å². The lowest BCUT2D eigenvalue weighted by Crippen LogP contribution is -2.33. The highest BCUT2D eigenvalue weighted by Gasteiger charge is 2.42. The number of likely N-dealkylation sites (N-methyl/N-ethyl adjacent to an activating group) is 1. The number of carbonyl (C=O) groups is 2. The Morgan fingerprint density at radius 1 is 1.33 bits per heavy atom. The molecule has 1 aromatic rings. The van der Waals surface area contributed by atoms with Gasteiger partial charge >= 0.3 is 0 Å². The van der Waals surface area contributed by atoms with Gasteiger partial charge in [-0.25, -0.2) is 0 Å². The van der Waals surface area contributed by atoms with Gasteiger partial charge in [0.05, 0.1) is 11.8 Å². The Morgan fingerprint density at radius 3 is 2.62 bits per heavy atom. The first-order valence-corrected chi connectivity index (χ1v) is 7.41.